The van der Waals surface area contributed by atoms with Gasteiger partial charge in [-0.25, -0.2) is 18.3 Å². The molecule has 3 rings (SSSR count). The number of hydrogen-bond donors (Lipinski definition) is 1. The lowest BCUT2D eigenvalue weighted by molar-refractivity contribution is 0.138. The van der Waals surface area contributed by atoms with Gasteiger partial charge in [-0.1, -0.05) is 6.92 Å². The number of alkyl halides is 2. The first-order valence-electron chi connectivity index (χ1n) is 8.86. The second kappa shape index (κ2) is 8.20. The number of halogens is 2. The van der Waals surface area contributed by atoms with E-state index in [2.05, 4.69) is 25.4 Å². The summed E-state index contributed by atoms with van der Waals surface area (Å²) in [5.74, 6) is 0.509. The van der Waals surface area contributed by atoms with E-state index < -0.39 is 6.43 Å². The summed E-state index contributed by atoms with van der Waals surface area (Å²) in [5, 5.41) is 7.23. The Morgan fingerprint density at radius 2 is 2.11 bits per heavy atom. The molecule has 0 spiro atoms. The zero-order valence-electron chi connectivity index (χ0n) is 15.6. The molecule has 142 valence electrons. The Morgan fingerprint density at radius 1 is 1.30 bits per heavy atom. The lowest BCUT2D eigenvalue weighted by Gasteiger charge is -2.09. The van der Waals surface area contributed by atoms with Gasteiger partial charge in [-0.15, -0.1) is 5.10 Å². The molecule has 27 heavy (non-hydrogen) atoms. The topological polar surface area (TPSA) is 67.5 Å². The molecule has 0 atom stereocenters. The van der Waals surface area contributed by atoms with E-state index in [0.717, 1.165) is 23.2 Å². The van der Waals surface area contributed by atoms with Crippen molar-refractivity contribution < 1.29 is 8.78 Å². The van der Waals surface area contributed by atoms with Crippen LogP contribution in [0.5, 0.6) is 0 Å². The molecule has 0 unspecified atom stereocenters. The van der Waals surface area contributed by atoms with Crippen molar-refractivity contribution in [2.75, 3.05) is 12.4 Å². The molecule has 0 amide bonds. The summed E-state index contributed by atoms with van der Waals surface area (Å²) in [6.07, 6.45) is 1.89. The molecule has 3 aromatic heterocycles. The van der Waals surface area contributed by atoms with Crippen molar-refractivity contribution in [1.29, 1.82) is 0 Å². The van der Waals surface area contributed by atoms with Crippen LogP contribution in [0, 0.1) is 0 Å². The van der Waals surface area contributed by atoms with Crippen LogP contribution in [0.2, 0.25) is 0 Å². The first-order valence-corrected chi connectivity index (χ1v) is 8.86. The number of hydrogen-bond acceptors (Lipinski definition) is 5. The number of pyridine rings is 1. The van der Waals surface area contributed by atoms with Crippen LogP contribution in [0.4, 0.5) is 20.4 Å². The van der Waals surface area contributed by atoms with E-state index in [-0.39, 0.29) is 12.8 Å². The third-order valence-corrected chi connectivity index (χ3v) is 4.29. The molecule has 0 saturated heterocycles. The summed E-state index contributed by atoms with van der Waals surface area (Å²) in [6.45, 7) is 3.93. The highest BCUT2D eigenvalue weighted by Gasteiger charge is 2.13. The summed E-state index contributed by atoms with van der Waals surface area (Å²) < 4.78 is 27.2. The van der Waals surface area contributed by atoms with Crippen molar-refractivity contribution in [2.24, 2.45) is 4.99 Å². The smallest absolute Gasteiger partial charge is 0.240 e. The number of anilines is 1. The van der Waals surface area contributed by atoms with Crippen LogP contribution in [0.25, 0.3) is 16.8 Å². The number of aliphatic imine (C=N–C) groups is 1. The fourth-order valence-electron chi connectivity index (χ4n) is 2.69. The molecule has 0 radical (unpaired) electrons. The molecular formula is C19H22F2N6. The molecule has 0 aromatic carbocycles. The molecule has 0 aliphatic rings. The van der Waals surface area contributed by atoms with Crippen molar-refractivity contribution in [2.45, 2.75) is 39.5 Å². The summed E-state index contributed by atoms with van der Waals surface area (Å²) in [6, 6.07) is 5.59. The number of nitrogens with zero attached hydrogens (tertiary/aromatic N) is 5. The van der Waals surface area contributed by atoms with Gasteiger partial charge < -0.3 is 5.32 Å². The number of aromatic nitrogens is 4. The van der Waals surface area contributed by atoms with Crippen molar-refractivity contribution >= 4 is 22.9 Å². The molecule has 0 aliphatic heterocycles. The molecule has 6 nitrogen and oxygen atoms in total. The number of aryl methyl sites for hydroxylation is 1. The zero-order valence-corrected chi connectivity index (χ0v) is 15.6. The third kappa shape index (κ3) is 4.27. The fraction of sp³-hybridized carbons (Fsp3) is 0.368. The Morgan fingerprint density at radius 3 is 2.81 bits per heavy atom. The van der Waals surface area contributed by atoms with E-state index in [4.69, 9.17) is 0 Å². The van der Waals surface area contributed by atoms with Gasteiger partial charge in [0.25, 0.3) is 0 Å². The number of rotatable bonds is 7. The van der Waals surface area contributed by atoms with Crippen molar-refractivity contribution in [1.82, 2.24) is 19.6 Å². The molecule has 0 aliphatic carbocycles. The molecule has 8 heteroatoms. The lowest BCUT2D eigenvalue weighted by Crippen LogP contribution is -2.01. The van der Waals surface area contributed by atoms with Crippen LogP contribution in [-0.2, 0) is 6.42 Å². The molecule has 0 fully saturated rings. The lowest BCUT2D eigenvalue weighted by atomic mass is 10.1. The van der Waals surface area contributed by atoms with Crippen LogP contribution in [0.15, 0.2) is 35.6 Å². The Labute approximate surface area is 156 Å². The molecular weight excluding hydrogens is 350 g/mol. The standard InChI is InChI=1S/C19H22F2N6/c1-4-12(2)24-15-6-5-14(25-16(15)7-8-18(20)21)13-9-10-27-17(13)11-23-19(22-3)26-27/h5-6,9-11,18H,4,7-8H2,1-3H3,(H,22,26). The Bertz CT molecular complexity index is 964. The summed E-state index contributed by atoms with van der Waals surface area (Å²) in [5.41, 5.74) is 4.49. The molecule has 0 saturated carbocycles. The van der Waals surface area contributed by atoms with Gasteiger partial charge in [0, 0.05) is 30.9 Å². The Hall–Kier alpha value is -2.90. The van der Waals surface area contributed by atoms with Crippen LogP contribution in [0.3, 0.4) is 0 Å². The minimum atomic E-state index is -2.37. The fourth-order valence-corrected chi connectivity index (χ4v) is 2.69. The highest BCUT2D eigenvalue weighted by Crippen LogP contribution is 2.28. The zero-order chi connectivity index (χ0) is 19.4. The van der Waals surface area contributed by atoms with Gasteiger partial charge in [-0.05, 0) is 38.0 Å². The Balaban J connectivity index is 2.04. The van der Waals surface area contributed by atoms with Crippen LogP contribution >= 0.6 is 0 Å². The van der Waals surface area contributed by atoms with Gasteiger partial charge in [-0.2, -0.15) is 0 Å². The maximum atomic E-state index is 12.7. The van der Waals surface area contributed by atoms with Crippen molar-refractivity contribution in [3.05, 3.63) is 36.3 Å². The maximum absolute atomic E-state index is 12.7. The minimum Gasteiger partial charge on any atom is -0.356 e. The normalized spacial score (nSPS) is 12.1. The molecule has 0 bridgehead atoms. The van der Waals surface area contributed by atoms with E-state index in [0.29, 0.717) is 23.0 Å². The quantitative estimate of drug-likeness (QED) is 0.619. The monoisotopic (exact) mass is 372 g/mol. The molecule has 3 aromatic rings. The van der Waals surface area contributed by atoms with Crippen molar-refractivity contribution in [3.8, 4) is 11.3 Å². The van der Waals surface area contributed by atoms with E-state index >= 15 is 0 Å². The molecule has 3 heterocycles. The van der Waals surface area contributed by atoms with Gasteiger partial charge >= 0.3 is 0 Å². The second-order valence-corrected chi connectivity index (χ2v) is 6.18. The summed E-state index contributed by atoms with van der Waals surface area (Å²) in [4.78, 5) is 13.4. The SMILES string of the molecule is CCC(C)=Nc1ccc(-c2ccn3nc(NC)ncc23)nc1CCC(F)F. The van der Waals surface area contributed by atoms with Crippen molar-refractivity contribution in [3.63, 3.8) is 0 Å². The predicted octanol–water partition coefficient (Wildman–Crippen LogP) is 4.53. The van der Waals surface area contributed by atoms with E-state index in [9.17, 15) is 8.78 Å². The summed E-state index contributed by atoms with van der Waals surface area (Å²) >= 11 is 0. The number of nitrogens with one attached hydrogen (secondary N) is 1. The van der Waals surface area contributed by atoms with E-state index in [1.54, 1.807) is 17.8 Å². The average molecular weight is 372 g/mol. The van der Waals surface area contributed by atoms with Gasteiger partial charge in [0.2, 0.25) is 12.4 Å². The Kier molecular flexibility index (Phi) is 5.73. The van der Waals surface area contributed by atoms with Gasteiger partial charge in [0.05, 0.1) is 28.8 Å². The highest BCUT2D eigenvalue weighted by molar-refractivity contribution is 5.85. The summed E-state index contributed by atoms with van der Waals surface area (Å²) in [7, 11) is 1.75. The highest BCUT2D eigenvalue weighted by atomic mass is 19.3. The number of fused-ring (bicyclic) bond motifs is 1. The molecule has 1 N–H and O–H groups in total. The average Bonchev–Trinajstić information content (AvgIpc) is 3.10. The second-order valence-electron chi connectivity index (χ2n) is 6.18. The van der Waals surface area contributed by atoms with Crippen LogP contribution in [-0.4, -0.2) is 38.8 Å². The predicted molar refractivity (Wildman–Crippen MR) is 103 cm³/mol. The first kappa shape index (κ1) is 18.9. The largest absolute Gasteiger partial charge is 0.356 e. The van der Waals surface area contributed by atoms with Gasteiger partial charge in [-0.3, -0.25) is 9.98 Å². The van der Waals surface area contributed by atoms with Crippen LogP contribution in [0.1, 0.15) is 32.4 Å². The first-order chi connectivity index (χ1) is 13.0. The minimum absolute atomic E-state index is 0.174. The van der Waals surface area contributed by atoms with E-state index in [1.807, 2.05) is 38.2 Å². The van der Waals surface area contributed by atoms with Gasteiger partial charge in [0.15, 0.2) is 0 Å². The van der Waals surface area contributed by atoms with E-state index in [1.165, 1.54) is 0 Å². The van der Waals surface area contributed by atoms with Gasteiger partial charge in [0.1, 0.15) is 0 Å². The third-order valence-electron chi connectivity index (χ3n) is 4.29. The van der Waals surface area contributed by atoms with Crippen LogP contribution < -0.4 is 5.32 Å². The maximum Gasteiger partial charge on any atom is 0.240 e.